The summed E-state index contributed by atoms with van der Waals surface area (Å²) in [5, 5.41) is 9.79. The summed E-state index contributed by atoms with van der Waals surface area (Å²) in [7, 11) is 0. The van der Waals surface area contributed by atoms with Crippen molar-refractivity contribution in [1.82, 2.24) is 15.0 Å². The Hall–Kier alpha value is -6.18. The molecule has 2 aliphatic rings. The minimum Gasteiger partial charge on any atom is -0.208 e. The van der Waals surface area contributed by atoms with E-state index in [1.165, 1.54) is 41.5 Å². The van der Waals surface area contributed by atoms with Crippen molar-refractivity contribution in [3.8, 4) is 73.6 Å². The first-order valence-corrected chi connectivity index (χ1v) is 17.5. The van der Waals surface area contributed by atoms with E-state index in [0.717, 1.165) is 57.3 Å². The number of hydrogen-bond donors (Lipinski definition) is 0. The molecule has 0 bridgehead atoms. The molecule has 1 heterocycles. The van der Waals surface area contributed by atoms with Crippen LogP contribution in [0.1, 0.15) is 48.8 Å². The van der Waals surface area contributed by atoms with Crippen molar-refractivity contribution in [2.24, 2.45) is 0 Å². The summed E-state index contributed by atoms with van der Waals surface area (Å²) in [4.78, 5) is 15.3. The lowest BCUT2D eigenvalue weighted by Crippen LogP contribution is -2.28. The van der Waals surface area contributed by atoms with Gasteiger partial charge in [-0.3, -0.25) is 0 Å². The van der Waals surface area contributed by atoms with Gasteiger partial charge in [0.15, 0.2) is 17.5 Å². The molecule has 50 heavy (non-hydrogen) atoms. The van der Waals surface area contributed by atoms with Crippen LogP contribution in [0.3, 0.4) is 0 Å². The highest BCUT2D eigenvalue weighted by molar-refractivity contribution is 5.88. The largest absolute Gasteiger partial charge is 0.208 e. The van der Waals surface area contributed by atoms with E-state index in [-0.39, 0.29) is 5.41 Å². The van der Waals surface area contributed by atoms with Crippen molar-refractivity contribution in [2.75, 3.05) is 0 Å². The predicted octanol–water partition coefficient (Wildman–Crippen LogP) is 11.3. The average molecular weight is 643 g/mol. The molecule has 4 nitrogen and oxygen atoms in total. The summed E-state index contributed by atoms with van der Waals surface area (Å²) in [6.45, 7) is 0. The number of nitrogens with zero attached hydrogens (tertiary/aromatic N) is 4. The van der Waals surface area contributed by atoms with E-state index in [0.29, 0.717) is 17.5 Å². The zero-order valence-corrected chi connectivity index (χ0v) is 27.7. The molecule has 9 rings (SSSR count). The highest BCUT2D eigenvalue weighted by atomic mass is 15.0. The lowest BCUT2D eigenvalue weighted by Gasteiger charge is -2.36. The summed E-state index contributed by atoms with van der Waals surface area (Å²) in [6.07, 6.45) is 5.85. The first kappa shape index (κ1) is 29.9. The molecule has 0 unspecified atom stereocenters. The van der Waals surface area contributed by atoms with Crippen LogP contribution in [0.2, 0.25) is 0 Å². The van der Waals surface area contributed by atoms with Gasteiger partial charge in [0.25, 0.3) is 0 Å². The van der Waals surface area contributed by atoms with Crippen LogP contribution in [-0.4, -0.2) is 15.0 Å². The van der Waals surface area contributed by atoms with E-state index in [1.807, 2.05) is 30.3 Å². The molecule has 0 saturated heterocycles. The normalized spacial score (nSPS) is 14.1. The van der Waals surface area contributed by atoms with E-state index in [1.54, 1.807) is 0 Å². The van der Waals surface area contributed by atoms with Crippen molar-refractivity contribution >= 4 is 0 Å². The third kappa shape index (κ3) is 5.11. The standard InChI is InChI=1S/C46H34N4/c47-30-31-21-23-38-39-24-22-35(29-42(39)46(41(38)27-31)25-10-3-11-26-46)37-19-8-9-20-40(37)45-49-43(33-15-6-2-7-16-33)48-44(50-45)36-18-12-17-34(28-36)32-13-4-1-5-14-32/h1-2,4-9,12-24,27-29H,3,10-11,25-26H2. The maximum absolute atomic E-state index is 9.79. The van der Waals surface area contributed by atoms with Crippen molar-refractivity contribution in [3.05, 3.63) is 162 Å². The van der Waals surface area contributed by atoms with Crippen LogP contribution in [0, 0.1) is 11.3 Å². The summed E-state index contributed by atoms with van der Waals surface area (Å²) in [5.41, 5.74) is 13.3. The SMILES string of the molecule is N#Cc1ccc2c(c1)C1(CCCCC1)c1cc(-c3ccccc3-c3nc(-c4ccccc4)nc(-c4cccc(-c5ccccc5)c4)n3)ccc1-2. The van der Waals surface area contributed by atoms with Crippen LogP contribution in [0.25, 0.3) is 67.5 Å². The van der Waals surface area contributed by atoms with Gasteiger partial charge < -0.3 is 0 Å². The van der Waals surface area contributed by atoms with Gasteiger partial charge >= 0.3 is 0 Å². The Bertz CT molecular complexity index is 2420. The average Bonchev–Trinajstić information content (AvgIpc) is 3.45. The molecule has 0 radical (unpaired) electrons. The Balaban J connectivity index is 1.20. The molecular formula is C46H34N4. The summed E-state index contributed by atoms with van der Waals surface area (Å²) >= 11 is 0. The molecule has 4 heteroatoms. The van der Waals surface area contributed by atoms with Crippen LogP contribution in [-0.2, 0) is 5.41 Å². The van der Waals surface area contributed by atoms with Gasteiger partial charge in [0, 0.05) is 22.1 Å². The zero-order chi connectivity index (χ0) is 33.5. The molecule has 0 atom stereocenters. The number of nitriles is 1. The number of aromatic nitrogens is 3. The lowest BCUT2D eigenvalue weighted by molar-refractivity contribution is 0.353. The third-order valence-electron chi connectivity index (χ3n) is 10.6. The molecule has 0 aliphatic heterocycles. The maximum atomic E-state index is 9.79. The molecule has 2 aliphatic carbocycles. The van der Waals surface area contributed by atoms with Crippen molar-refractivity contribution in [3.63, 3.8) is 0 Å². The number of hydrogen-bond acceptors (Lipinski definition) is 4. The minimum atomic E-state index is -0.0642. The monoisotopic (exact) mass is 642 g/mol. The van der Waals surface area contributed by atoms with Gasteiger partial charge in [0.1, 0.15) is 0 Å². The van der Waals surface area contributed by atoms with E-state index < -0.39 is 0 Å². The second-order valence-electron chi connectivity index (χ2n) is 13.4. The van der Waals surface area contributed by atoms with Crippen molar-refractivity contribution < 1.29 is 0 Å². The molecule has 1 fully saturated rings. The zero-order valence-electron chi connectivity index (χ0n) is 27.7. The topological polar surface area (TPSA) is 62.5 Å². The van der Waals surface area contributed by atoms with Gasteiger partial charge in [-0.05, 0) is 81.6 Å². The Morgan fingerprint density at radius 2 is 1.00 bits per heavy atom. The number of rotatable bonds is 5. The van der Waals surface area contributed by atoms with Crippen LogP contribution >= 0.6 is 0 Å². The summed E-state index contributed by atoms with van der Waals surface area (Å²) in [6, 6.07) is 53.1. The minimum absolute atomic E-state index is 0.0642. The first-order chi connectivity index (χ1) is 24.7. The maximum Gasteiger partial charge on any atom is 0.164 e. The Kier molecular flexibility index (Phi) is 7.40. The second-order valence-corrected chi connectivity index (χ2v) is 13.4. The molecule has 6 aromatic carbocycles. The fourth-order valence-corrected chi connectivity index (χ4v) is 8.17. The van der Waals surface area contributed by atoms with Gasteiger partial charge in [-0.2, -0.15) is 5.26 Å². The van der Waals surface area contributed by atoms with Crippen molar-refractivity contribution in [2.45, 2.75) is 37.5 Å². The molecule has 0 N–H and O–H groups in total. The molecular weight excluding hydrogens is 609 g/mol. The van der Waals surface area contributed by atoms with Crippen LogP contribution in [0.4, 0.5) is 0 Å². The Morgan fingerprint density at radius 3 is 1.74 bits per heavy atom. The number of benzene rings is 6. The molecule has 1 spiro atoms. The quantitative estimate of drug-likeness (QED) is 0.187. The third-order valence-corrected chi connectivity index (χ3v) is 10.6. The van der Waals surface area contributed by atoms with Gasteiger partial charge in [-0.1, -0.05) is 141 Å². The molecule has 238 valence electrons. The Morgan fingerprint density at radius 1 is 0.420 bits per heavy atom. The smallest absolute Gasteiger partial charge is 0.164 e. The van der Waals surface area contributed by atoms with Gasteiger partial charge in [0.05, 0.1) is 11.6 Å². The molecule has 0 amide bonds. The van der Waals surface area contributed by atoms with E-state index in [9.17, 15) is 5.26 Å². The highest BCUT2D eigenvalue weighted by Gasteiger charge is 2.44. The molecule has 1 aromatic heterocycles. The lowest BCUT2D eigenvalue weighted by atomic mass is 9.67. The summed E-state index contributed by atoms with van der Waals surface area (Å²) < 4.78 is 0. The fraction of sp³-hybridized carbons (Fsp3) is 0.130. The van der Waals surface area contributed by atoms with Gasteiger partial charge in [-0.15, -0.1) is 0 Å². The van der Waals surface area contributed by atoms with Crippen LogP contribution in [0.15, 0.2) is 146 Å². The van der Waals surface area contributed by atoms with E-state index in [4.69, 9.17) is 15.0 Å². The van der Waals surface area contributed by atoms with Gasteiger partial charge in [0.2, 0.25) is 0 Å². The highest BCUT2D eigenvalue weighted by Crippen LogP contribution is 2.56. The predicted molar refractivity (Wildman–Crippen MR) is 201 cm³/mol. The summed E-state index contributed by atoms with van der Waals surface area (Å²) in [5.74, 6) is 1.93. The molecule has 1 saturated carbocycles. The van der Waals surface area contributed by atoms with Crippen molar-refractivity contribution in [1.29, 1.82) is 5.26 Å². The second kappa shape index (κ2) is 12.4. The van der Waals surface area contributed by atoms with Crippen LogP contribution < -0.4 is 0 Å². The van der Waals surface area contributed by atoms with Gasteiger partial charge in [-0.25, -0.2) is 15.0 Å². The van der Waals surface area contributed by atoms with Crippen LogP contribution in [0.5, 0.6) is 0 Å². The van der Waals surface area contributed by atoms with E-state index >= 15 is 0 Å². The number of fused-ring (bicyclic) bond motifs is 5. The molecule has 7 aromatic rings. The Labute approximate surface area is 292 Å². The first-order valence-electron chi connectivity index (χ1n) is 17.5. The van der Waals surface area contributed by atoms with E-state index in [2.05, 4.69) is 121 Å². The fourth-order valence-electron chi connectivity index (χ4n) is 8.17.